The van der Waals surface area contributed by atoms with E-state index in [1.54, 1.807) is 12.1 Å². The quantitative estimate of drug-likeness (QED) is 0.870. The van der Waals surface area contributed by atoms with Gasteiger partial charge in [0.15, 0.2) is 0 Å². The van der Waals surface area contributed by atoms with Gasteiger partial charge in [-0.15, -0.1) is 0 Å². The Balaban J connectivity index is 2.14. The molecular formula is C14H20FNO2. The highest BCUT2D eigenvalue weighted by Crippen LogP contribution is 2.31. The summed E-state index contributed by atoms with van der Waals surface area (Å²) in [7, 11) is 0. The summed E-state index contributed by atoms with van der Waals surface area (Å²) in [4.78, 5) is 0. The SMILES string of the molecule is CC1CC(CO)(Nc2ccc(F)cc2)CC(C)O1. The maximum Gasteiger partial charge on any atom is 0.123 e. The lowest BCUT2D eigenvalue weighted by Gasteiger charge is -2.43. The van der Waals surface area contributed by atoms with Gasteiger partial charge in [0, 0.05) is 5.69 Å². The fraction of sp³-hybridized carbons (Fsp3) is 0.571. The largest absolute Gasteiger partial charge is 0.394 e. The highest BCUT2D eigenvalue weighted by atomic mass is 19.1. The first-order valence-corrected chi connectivity index (χ1v) is 6.33. The molecule has 3 nitrogen and oxygen atoms in total. The van der Waals surface area contributed by atoms with Crippen molar-refractivity contribution in [2.75, 3.05) is 11.9 Å². The smallest absolute Gasteiger partial charge is 0.123 e. The number of hydrogen-bond donors (Lipinski definition) is 2. The molecule has 1 aliphatic rings. The Morgan fingerprint density at radius 1 is 1.28 bits per heavy atom. The van der Waals surface area contributed by atoms with Crippen LogP contribution in [-0.4, -0.2) is 29.5 Å². The number of hydrogen-bond acceptors (Lipinski definition) is 3. The van der Waals surface area contributed by atoms with E-state index in [9.17, 15) is 9.50 Å². The second-order valence-corrected chi connectivity index (χ2v) is 5.24. The third-order valence-corrected chi connectivity index (χ3v) is 3.38. The number of nitrogens with one attached hydrogen (secondary N) is 1. The molecule has 0 saturated carbocycles. The van der Waals surface area contributed by atoms with Gasteiger partial charge in [-0.2, -0.15) is 0 Å². The molecule has 0 aliphatic carbocycles. The van der Waals surface area contributed by atoms with Crippen molar-refractivity contribution in [3.63, 3.8) is 0 Å². The number of halogens is 1. The third kappa shape index (κ3) is 3.00. The van der Waals surface area contributed by atoms with E-state index in [0.29, 0.717) is 0 Å². The van der Waals surface area contributed by atoms with Crippen molar-refractivity contribution in [3.05, 3.63) is 30.1 Å². The van der Waals surface area contributed by atoms with Crippen molar-refractivity contribution in [1.82, 2.24) is 0 Å². The zero-order valence-corrected chi connectivity index (χ0v) is 10.8. The van der Waals surface area contributed by atoms with Crippen LogP contribution in [0.5, 0.6) is 0 Å². The van der Waals surface area contributed by atoms with Crippen molar-refractivity contribution >= 4 is 5.69 Å². The Morgan fingerprint density at radius 2 is 1.83 bits per heavy atom. The van der Waals surface area contributed by atoms with Crippen LogP contribution in [0.4, 0.5) is 10.1 Å². The Bertz CT molecular complexity index is 383. The molecule has 0 bridgehead atoms. The maximum absolute atomic E-state index is 12.9. The van der Waals surface area contributed by atoms with Gasteiger partial charge in [-0.25, -0.2) is 4.39 Å². The summed E-state index contributed by atoms with van der Waals surface area (Å²) in [6, 6.07) is 6.22. The van der Waals surface area contributed by atoms with E-state index in [1.165, 1.54) is 12.1 Å². The maximum atomic E-state index is 12.9. The van der Waals surface area contributed by atoms with E-state index >= 15 is 0 Å². The second kappa shape index (κ2) is 5.24. The fourth-order valence-corrected chi connectivity index (χ4v) is 2.79. The molecule has 0 aromatic heterocycles. The minimum absolute atomic E-state index is 0.0441. The predicted octanol–water partition coefficient (Wildman–Crippen LogP) is 2.56. The Hall–Kier alpha value is -1.13. The van der Waals surface area contributed by atoms with Gasteiger partial charge in [0.25, 0.3) is 0 Å². The van der Waals surface area contributed by atoms with Crippen molar-refractivity contribution in [2.45, 2.75) is 44.4 Å². The second-order valence-electron chi connectivity index (χ2n) is 5.24. The molecule has 18 heavy (non-hydrogen) atoms. The molecule has 4 heteroatoms. The first-order valence-electron chi connectivity index (χ1n) is 6.33. The van der Waals surface area contributed by atoms with Gasteiger partial charge in [0.05, 0.1) is 24.4 Å². The molecule has 0 spiro atoms. The van der Waals surface area contributed by atoms with Crippen LogP contribution in [0.15, 0.2) is 24.3 Å². The van der Waals surface area contributed by atoms with E-state index < -0.39 is 0 Å². The molecule has 2 atom stereocenters. The average Bonchev–Trinajstić information content (AvgIpc) is 2.31. The van der Waals surface area contributed by atoms with Gasteiger partial charge in [-0.1, -0.05) is 0 Å². The Morgan fingerprint density at radius 3 is 2.33 bits per heavy atom. The van der Waals surface area contributed by atoms with Gasteiger partial charge < -0.3 is 15.2 Å². The van der Waals surface area contributed by atoms with Gasteiger partial charge in [0.2, 0.25) is 0 Å². The summed E-state index contributed by atoms with van der Waals surface area (Å²) in [6.07, 6.45) is 1.69. The summed E-state index contributed by atoms with van der Waals surface area (Å²) in [6.45, 7) is 4.06. The Kier molecular flexibility index (Phi) is 3.88. The number of benzene rings is 1. The van der Waals surface area contributed by atoms with Gasteiger partial charge in [0.1, 0.15) is 5.82 Å². The molecule has 2 N–H and O–H groups in total. The van der Waals surface area contributed by atoms with Crippen LogP contribution >= 0.6 is 0 Å². The zero-order chi connectivity index (χ0) is 13.2. The van der Waals surface area contributed by atoms with Crippen LogP contribution < -0.4 is 5.32 Å². The summed E-state index contributed by atoms with van der Waals surface area (Å²) < 4.78 is 18.6. The summed E-state index contributed by atoms with van der Waals surface area (Å²) in [5, 5.41) is 13.0. The number of aliphatic hydroxyl groups excluding tert-OH is 1. The standard InChI is InChI=1S/C14H20FNO2/c1-10-7-14(9-17,8-11(2)18-10)16-13-5-3-12(15)4-6-13/h3-6,10-11,16-17H,7-9H2,1-2H3. The predicted molar refractivity (Wildman–Crippen MR) is 69.1 cm³/mol. The van der Waals surface area contributed by atoms with Crippen molar-refractivity contribution in [1.29, 1.82) is 0 Å². The first-order chi connectivity index (χ1) is 8.53. The van der Waals surface area contributed by atoms with Crippen LogP contribution in [0.2, 0.25) is 0 Å². The molecule has 2 rings (SSSR count). The fourth-order valence-electron chi connectivity index (χ4n) is 2.79. The normalized spacial score (nSPS) is 32.2. The first kappa shape index (κ1) is 13.3. The summed E-state index contributed by atoms with van der Waals surface area (Å²) in [5.41, 5.74) is 0.446. The van der Waals surface area contributed by atoms with E-state index in [2.05, 4.69) is 5.32 Å². The summed E-state index contributed by atoms with van der Waals surface area (Å²) >= 11 is 0. The lowest BCUT2D eigenvalue weighted by atomic mass is 9.84. The van der Waals surface area contributed by atoms with E-state index in [0.717, 1.165) is 18.5 Å². The molecule has 1 heterocycles. The minimum Gasteiger partial charge on any atom is -0.394 e. The van der Waals surface area contributed by atoms with E-state index in [-0.39, 0.29) is 30.2 Å². The van der Waals surface area contributed by atoms with Crippen molar-refractivity contribution in [2.24, 2.45) is 0 Å². The molecule has 0 radical (unpaired) electrons. The van der Waals surface area contributed by atoms with Crippen LogP contribution in [-0.2, 0) is 4.74 Å². The monoisotopic (exact) mass is 253 g/mol. The topological polar surface area (TPSA) is 41.5 Å². The lowest BCUT2D eigenvalue weighted by Crippen LogP contribution is -2.51. The Labute approximate surface area is 107 Å². The number of aliphatic hydroxyl groups is 1. The van der Waals surface area contributed by atoms with Crippen LogP contribution in [0.3, 0.4) is 0 Å². The van der Waals surface area contributed by atoms with Crippen LogP contribution in [0.25, 0.3) is 0 Å². The molecule has 100 valence electrons. The lowest BCUT2D eigenvalue weighted by molar-refractivity contribution is -0.0653. The van der Waals surface area contributed by atoms with Crippen LogP contribution in [0, 0.1) is 5.82 Å². The molecular weight excluding hydrogens is 233 g/mol. The van der Waals surface area contributed by atoms with Gasteiger partial charge in [-0.05, 0) is 51.0 Å². The average molecular weight is 253 g/mol. The van der Waals surface area contributed by atoms with E-state index in [1.807, 2.05) is 13.8 Å². The number of anilines is 1. The molecule has 1 fully saturated rings. The van der Waals surface area contributed by atoms with Crippen molar-refractivity contribution in [3.8, 4) is 0 Å². The number of ether oxygens (including phenoxy) is 1. The highest BCUT2D eigenvalue weighted by molar-refractivity contribution is 5.45. The molecule has 1 aliphatic heterocycles. The molecule has 1 aromatic carbocycles. The molecule has 0 amide bonds. The van der Waals surface area contributed by atoms with Gasteiger partial charge in [-0.3, -0.25) is 0 Å². The molecule has 2 unspecified atom stereocenters. The number of rotatable bonds is 3. The third-order valence-electron chi connectivity index (χ3n) is 3.38. The zero-order valence-electron chi connectivity index (χ0n) is 10.8. The van der Waals surface area contributed by atoms with Crippen LogP contribution in [0.1, 0.15) is 26.7 Å². The molecule has 1 aromatic rings. The molecule has 1 saturated heterocycles. The minimum atomic E-state index is -0.380. The van der Waals surface area contributed by atoms with E-state index in [4.69, 9.17) is 4.74 Å². The summed E-state index contributed by atoms with van der Waals surface area (Å²) in [5.74, 6) is -0.257. The van der Waals surface area contributed by atoms with Crippen molar-refractivity contribution < 1.29 is 14.2 Å². The van der Waals surface area contributed by atoms with Gasteiger partial charge >= 0.3 is 0 Å². The highest BCUT2D eigenvalue weighted by Gasteiger charge is 2.38.